The summed E-state index contributed by atoms with van der Waals surface area (Å²) in [6, 6.07) is 10.6. The number of piperidine rings is 1. The fourth-order valence-corrected chi connectivity index (χ4v) is 4.95. The molecule has 0 spiro atoms. The third-order valence-electron chi connectivity index (χ3n) is 6.63. The lowest BCUT2D eigenvalue weighted by atomic mass is 10.0. The topological polar surface area (TPSA) is 86.5 Å². The Morgan fingerprint density at radius 1 is 1.18 bits per heavy atom. The van der Waals surface area contributed by atoms with Crippen LogP contribution in [0.5, 0.6) is 0 Å². The van der Waals surface area contributed by atoms with Crippen molar-refractivity contribution in [3.8, 4) is 0 Å². The molecule has 6 rings (SSSR count). The Balaban J connectivity index is 1.14. The molecule has 0 aliphatic carbocycles. The number of halogens is 1. The lowest BCUT2D eigenvalue weighted by molar-refractivity contribution is 0.280. The van der Waals surface area contributed by atoms with Crippen LogP contribution in [0.4, 0.5) is 4.39 Å². The van der Waals surface area contributed by atoms with Gasteiger partial charge in [-0.1, -0.05) is 0 Å². The van der Waals surface area contributed by atoms with Gasteiger partial charge in [0.25, 0.3) is 0 Å². The van der Waals surface area contributed by atoms with Crippen LogP contribution in [0.15, 0.2) is 56.8 Å². The molecular formula is C25H24FN5O2. The average molecular weight is 445 g/mol. The zero-order chi connectivity index (χ0) is 22.4. The van der Waals surface area contributed by atoms with E-state index in [4.69, 9.17) is 9.41 Å². The molecule has 0 amide bonds. The molecule has 168 valence electrons. The first-order chi connectivity index (χ1) is 16.2. The van der Waals surface area contributed by atoms with Gasteiger partial charge in [-0.15, -0.1) is 0 Å². The van der Waals surface area contributed by atoms with Gasteiger partial charge in [0.2, 0.25) is 0 Å². The molecule has 0 bridgehead atoms. The van der Waals surface area contributed by atoms with Gasteiger partial charge in [0.05, 0.1) is 5.69 Å². The Kier molecular flexibility index (Phi) is 4.95. The maximum Gasteiger partial charge on any atom is 0.360 e. The Labute approximate surface area is 189 Å². The quantitative estimate of drug-likeness (QED) is 0.472. The van der Waals surface area contributed by atoms with Crippen molar-refractivity contribution in [1.29, 1.82) is 0 Å². The monoisotopic (exact) mass is 445 g/mol. The van der Waals surface area contributed by atoms with Crippen LogP contribution in [0.2, 0.25) is 0 Å². The summed E-state index contributed by atoms with van der Waals surface area (Å²) >= 11 is 0. The molecular weight excluding hydrogens is 421 g/mol. The average Bonchev–Trinajstić information content (AvgIpc) is 3.29. The van der Waals surface area contributed by atoms with Crippen LogP contribution in [0.1, 0.15) is 29.8 Å². The maximum absolute atomic E-state index is 13.8. The predicted octanol–water partition coefficient (Wildman–Crippen LogP) is 3.37. The molecule has 1 aromatic carbocycles. The van der Waals surface area contributed by atoms with Gasteiger partial charge in [-0.05, 0) is 49.2 Å². The zero-order valence-electron chi connectivity index (χ0n) is 18.1. The molecule has 1 fully saturated rings. The van der Waals surface area contributed by atoms with E-state index in [0.717, 1.165) is 61.7 Å². The highest BCUT2D eigenvalue weighted by atomic mass is 19.1. The fraction of sp³-hybridized carbons (Fsp3) is 0.320. The summed E-state index contributed by atoms with van der Waals surface area (Å²) in [4.78, 5) is 27.2. The minimum atomic E-state index is -0.438. The van der Waals surface area contributed by atoms with Crippen molar-refractivity contribution in [2.45, 2.75) is 31.8 Å². The molecule has 2 N–H and O–H groups in total. The number of benzene rings is 1. The second kappa shape index (κ2) is 8.12. The number of likely N-dealkylation sites (tertiary alicyclic amines) is 1. The summed E-state index contributed by atoms with van der Waals surface area (Å²) in [5, 5.41) is 4.89. The normalized spacial score (nSPS) is 16.9. The van der Waals surface area contributed by atoms with Gasteiger partial charge >= 0.3 is 5.63 Å². The number of amidine groups is 1. The second-order valence-electron chi connectivity index (χ2n) is 8.71. The van der Waals surface area contributed by atoms with E-state index in [1.54, 1.807) is 0 Å². The van der Waals surface area contributed by atoms with Crippen molar-refractivity contribution in [3.05, 3.63) is 75.8 Å². The van der Waals surface area contributed by atoms with Gasteiger partial charge < -0.3 is 19.6 Å². The van der Waals surface area contributed by atoms with Crippen LogP contribution >= 0.6 is 0 Å². The molecule has 3 aromatic heterocycles. The molecule has 0 radical (unpaired) electrons. The smallest absolute Gasteiger partial charge is 0.360 e. The van der Waals surface area contributed by atoms with Crippen LogP contribution in [-0.4, -0.2) is 46.4 Å². The first-order valence-corrected chi connectivity index (χ1v) is 11.4. The number of nitrogens with zero attached hydrogens (tertiary/aromatic N) is 3. The highest BCUT2D eigenvalue weighted by Crippen LogP contribution is 2.25. The highest BCUT2D eigenvalue weighted by Gasteiger charge is 2.25. The summed E-state index contributed by atoms with van der Waals surface area (Å²) in [5.41, 5.74) is 3.51. The van der Waals surface area contributed by atoms with Crippen LogP contribution in [0.3, 0.4) is 0 Å². The Bertz CT molecular complexity index is 1430. The molecule has 2 aliphatic heterocycles. The minimum absolute atomic E-state index is 0.355. The van der Waals surface area contributed by atoms with E-state index < -0.39 is 5.63 Å². The summed E-state index contributed by atoms with van der Waals surface area (Å²) in [6.45, 7) is 3.27. The van der Waals surface area contributed by atoms with Gasteiger partial charge in [0.1, 0.15) is 22.8 Å². The Hall–Kier alpha value is -3.52. The lowest BCUT2D eigenvalue weighted by Gasteiger charge is -2.36. The molecule has 8 heteroatoms. The van der Waals surface area contributed by atoms with Crippen molar-refractivity contribution < 1.29 is 8.81 Å². The number of pyridine rings is 1. The molecule has 1 saturated heterocycles. The summed E-state index contributed by atoms with van der Waals surface area (Å²) in [6.07, 6.45) is 4.77. The number of hydrogen-bond acceptors (Lipinski definition) is 6. The van der Waals surface area contributed by atoms with Crippen LogP contribution in [0, 0.1) is 5.82 Å². The maximum atomic E-state index is 13.8. The molecule has 7 nitrogen and oxygen atoms in total. The number of nitrogens with one attached hydrogen (secondary N) is 2. The van der Waals surface area contributed by atoms with Gasteiger partial charge in [-0.3, -0.25) is 9.98 Å². The number of aromatic nitrogens is 2. The molecule has 33 heavy (non-hydrogen) atoms. The first-order valence-electron chi connectivity index (χ1n) is 11.4. The third kappa shape index (κ3) is 3.70. The zero-order valence-corrected chi connectivity index (χ0v) is 18.1. The number of fused-ring (bicyclic) bond motifs is 4. The number of H-pyrrole nitrogens is 1. The minimum Gasteiger partial charge on any atom is -0.421 e. The van der Waals surface area contributed by atoms with Crippen molar-refractivity contribution in [2.24, 2.45) is 4.99 Å². The summed E-state index contributed by atoms with van der Waals surface area (Å²) < 4.78 is 19.1. The number of hydrogen-bond donors (Lipinski definition) is 2. The molecule has 5 heterocycles. The molecule has 4 aromatic rings. The van der Waals surface area contributed by atoms with Crippen molar-refractivity contribution in [2.75, 3.05) is 19.6 Å². The van der Waals surface area contributed by atoms with Gasteiger partial charge in [-0.2, -0.15) is 0 Å². The highest BCUT2D eigenvalue weighted by molar-refractivity contribution is 6.03. The molecule has 0 unspecified atom stereocenters. The third-order valence-corrected chi connectivity index (χ3v) is 6.63. The molecule has 2 aliphatic rings. The van der Waals surface area contributed by atoms with E-state index in [1.165, 1.54) is 18.2 Å². The van der Waals surface area contributed by atoms with E-state index >= 15 is 0 Å². The summed E-state index contributed by atoms with van der Waals surface area (Å²) in [5.74, 6) is 0.718. The molecule has 0 atom stereocenters. The van der Waals surface area contributed by atoms with E-state index in [0.29, 0.717) is 34.5 Å². The first kappa shape index (κ1) is 20.1. The molecule has 0 saturated carbocycles. The van der Waals surface area contributed by atoms with Crippen molar-refractivity contribution in [1.82, 2.24) is 20.2 Å². The summed E-state index contributed by atoms with van der Waals surface area (Å²) in [7, 11) is 0. The Morgan fingerprint density at radius 2 is 2.06 bits per heavy atom. The van der Waals surface area contributed by atoms with E-state index in [9.17, 15) is 9.18 Å². The van der Waals surface area contributed by atoms with E-state index in [2.05, 4.69) is 26.3 Å². The number of aromatic amines is 1. The number of aliphatic imine (C=N–C) groups is 1. The van der Waals surface area contributed by atoms with Gasteiger partial charge in [0.15, 0.2) is 0 Å². The fourth-order valence-electron chi connectivity index (χ4n) is 4.95. The van der Waals surface area contributed by atoms with E-state index in [1.807, 2.05) is 18.3 Å². The van der Waals surface area contributed by atoms with Crippen LogP contribution in [-0.2, 0) is 13.0 Å². The number of rotatable bonds is 3. The second-order valence-corrected chi connectivity index (χ2v) is 8.71. The Morgan fingerprint density at radius 3 is 2.94 bits per heavy atom. The lowest BCUT2D eigenvalue weighted by Crippen LogP contribution is -2.45. The van der Waals surface area contributed by atoms with Crippen molar-refractivity contribution >= 4 is 27.7 Å². The van der Waals surface area contributed by atoms with Crippen molar-refractivity contribution in [3.63, 3.8) is 0 Å². The van der Waals surface area contributed by atoms with Crippen LogP contribution in [0.25, 0.3) is 21.9 Å². The van der Waals surface area contributed by atoms with E-state index in [-0.39, 0.29) is 5.82 Å². The predicted molar refractivity (Wildman–Crippen MR) is 125 cm³/mol. The van der Waals surface area contributed by atoms with Crippen LogP contribution < -0.4 is 10.9 Å². The standard InChI is InChI=1S/C25H24FN5O2/c26-15-3-4-22-19(12-15)20-13-17(30-23(20)25(32)33-22)14-29-16-6-10-31(11-7-16)24-18-2-1-8-27-21(18)5-9-28-24/h1-4,8,12-13,16,29-30H,5-7,9-11,14H2. The van der Waals surface area contributed by atoms with Gasteiger partial charge in [0, 0.05) is 66.9 Å². The largest absolute Gasteiger partial charge is 0.421 e. The van der Waals surface area contributed by atoms with Gasteiger partial charge in [-0.25, -0.2) is 9.18 Å². The SMILES string of the molecule is O=c1oc2ccc(F)cc2c2cc(CNC3CCN(C4=NCCc5ncccc54)CC3)[nH]c12.